The molecular weight excluding hydrogens is 622 g/mol. The Morgan fingerprint density at radius 1 is 0.878 bits per heavy atom. The lowest BCUT2D eigenvalue weighted by molar-refractivity contribution is -0.276. The van der Waals surface area contributed by atoms with Gasteiger partial charge in [0.25, 0.3) is 5.91 Å². The molecule has 2 aliphatic rings. The number of alkyl carbamates (subject to hydrolysis) is 1. The number of benzene rings is 4. The molecule has 0 saturated carbocycles. The monoisotopic (exact) mass is 663 g/mol. The van der Waals surface area contributed by atoms with Crippen molar-refractivity contribution >= 4 is 23.6 Å². The summed E-state index contributed by atoms with van der Waals surface area (Å²) in [5.41, 5.74) is 4.79. The lowest BCUT2D eigenvalue weighted by Crippen LogP contribution is -2.43. The number of aliphatic hydroxyl groups is 1. The maximum absolute atomic E-state index is 13.4. The summed E-state index contributed by atoms with van der Waals surface area (Å²) in [6.07, 6.45) is -2.28. The van der Waals surface area contributed by atoms with Crippen molar-refractivity contribution in [3.05, 3.63) is 137 Å². The van der Waals surface area contributed by atoms with Gasteiger partial charge in [0.2, 0.25) is 5.91 Å². The molecule has 0 bridgehead atoms. The van der Waals surface area contributed by atoms with Crippen molar-refractivity contribution in [2.45, 2.75) is 57.6 Å². The van der Waals surface area contributed by atoms with Crippen LogP contribution in [0.1, 0.15) is 53.6 Å². The second-order valence-corrected chi connectivity index (χ2v) is 12.6. The number of rotatable bonds is 11. The van der Waals surface area contributed by atoms with Gasteiger partial charge >= 0.3 is 6.09 Å². The van der Waals surface area contributed by atoms with Gasteiger partial charge in [-0.2, -0.15) is 0 Å². The molecule has 6 rings (SSSR count). The van der Waals surface area contributed by atoms with E-state index in [1.54, 1.807) is 18.2 Å². The number of carbonyl (C=O) groups is 3. The van der Waals surface area contributed by atoms with Crippen molar-refractivity contribution in [3.63, 3.8) is 0 Å². The molecule has 0 radical (unpaired) electrons. The summed E-state index contributed by atoms with van der Waals surface area (Å²) in [5.74, 6) is -0.995. The average Bonchev–Trinajstić information content (AvgIpc) is 3.40. The van der Waals surface area contributed by atoms with Gasteiger partial charge in [-0.05, 0) is 41.4 Å². The molecule has 2 fully saturated rings. The standard InChI is InChI=1S/C39H41N3O7/c1-26-34(23-41(2)22-27-10-5-3-6-11-27)48-38(49-36(26)30-18-16-28(24-43)17-19-30)31-14-9-15-32(20-31)42-35(44)21-33(37(42)45)40-39(46)47-25-29-12-7-4-8-13-29/h3-20,26,33-34,36,38,43H,21-25H2,1-2H3,(H,40,46)/t26-,33?,34+,36+,38+/m0/s1. The fraction of sp³-hybridized carbons (Fsp3) is 0.308. The zero-order valence-corrected chi connectivity index (χ0v) is 27.6. The highest BCUT2D eigenvalue weighted by Gasteiger charge is 2.42. The molecule has 1 unspecified atom stereocenters. The van der Waals surface area contributed by atoms with Gasteiger partial charge in [-0.15, -0.1) is 0 Å². The molecule has 10 nitrogen and oxygen atoms in total. The summed E-state index contributed by atoms with van der Waals surface area (Å²) in [5, 5.41) is 12.1. The van der Waals surface area contributed by atoms with Crippen LogP contribution in [0.3, 0.4) is 0 Å². The van der Waals surface area contributed by atoms with Crippen LogP contribution >= 0.6 is 0 Å². The first kappa shape index (κ1) is 34.0. The fourth-order valence-corrected chi connectivity index (χ4v) is 6.33. The van der Waals surface area contributed by atoms with E-state index in [1.165, 1.54) is 5.56 Å². The minimum Gasteiger partial charge on any atom is -0.445 e. The zero-order valence-electron chi connectivity index (χ0n) is 27.6. The summed E-state index contributed by atoms with van der Waals surface area (Å²) >= 11 is 0. The normalized spacial score (nSPS) is 22.4. The van der Waals surface area contributed by atoms with Crippen LogP contribution in [0, 0.1) is 5.92 Å². The van der Waals surface area contributed by atoms with E-state index in [9.17, 15) is 19.5 Å². The number of hydrogen-bond acceptors (Lipinski definition) is 8. The molecule has 3 amide bonds. The quantitative estimate of drug-likeness (QED) is 0.198. The Balaban J connectivity index is 1.18. The summed E-state index contributed by atoms with van der Waals surface area (Å²) in [6, 6.07) is 33.1. The largest absolute Gasteiger partial charge is 0.445 e. The molecule has 4 aromatic rings. The number of carbonyl (C=O) groups excluding carboxylic acids is 3. The topological polar surface area (TPSA) is 118 Å². The van der Waals surface area contributed by atoms with Crippen molar-refractivity contribution in [2.24, 2.45) is 5.92 Å². The van der Waals surface area contributed by atoms with Crippen LogP contribution in [-0.2, 0) is 43.6 Å². The molecule has 49 heavy (non-hydrogen) atoms. The lowest BCUT2D eigenvalue weighted by Gasteiger charge is -2.42. The van der Waals surface area contributed by atoms with E-state index >= 15 is 0 Å². The zero-order chi connectivity index (χ0) is 34.3. The summed E-state index contributed by atoms with van der Waals surface area (Å²) < 4.78 is 18.5. The van der Waals surface area contributed by atoms with Gasteiger partial charge in [-0.25, -0.2) is 9.69 Å². The van der Waals surface area contributed by atoms with Gasteiger partial charge in [0.1, 0.15) is 12.6 Å². The van der Waals surface area contributed by atoms with Gasteiger partial charge in [0.05, 0.1) is 30.9 Å². The maximum atomic E-state index is 13.4. The van der Waals surface area contributed by atoms with E-state index in [0.717, 1.165) is 28.1 Å². The number of ether oxygens (including phenoxy) is 3. The summed E-state index contributed by atoms with van der Waals surface area (Å²) in [7, 11) is 2.06. The van der Waals surface area contributed by atoms with Crippen molar-refractivity contribution in [1.29, 1.82) is 0 Å². The number of nitrogens with zero attached hydrogens (tertiary/aromatic N) is 2. The van der Waals surface area contributed by atoms with Crippen LogP contribution in [0.4, 0.5) is 10.5 Å². The molecule has 5 atom stereocenters. The predicted octanol–water partition coefficient (Wildman–Crippen LogP) is 5.66. The Morgan fingerprint density at radius 2 is 1.57 bits per heavy atom. The molecule has 0 aliphatic carbocycles. The van der Waals surface area contributed by atoms with Gasteiger partial charge in [0, 0.05) is 24.6 Å². The van der Waals surface area contributed by atoms with Gasteiger partial charge in [-0.1, -0.05) is 104 Å². The smallest absolute Gasteiger partial charge is 0.408 e. The Hall–Kier alpha value is -4.87. The Kier molecular flexibility index (Phi) is 10.8. The van der Waals surface area contributed by atoms with Crippen LogP contribution in [0.15, 0.2) is 109 Å². The number of hydrogen-bond donors (Lipinski definition) is 2. The second kappa shape index (κ2) is 15.6. The van der Waals surface area contributed by atoms with E-state index in [2.05, 4.69) is 36.3 Å². The molecular formula is C39H41N3O7. The summed E-state index contributed by atoms with van der Waals surface area (Å²) in [4.78, 5) is 42.3. The molecule has 10 heteroatoms. The fourth-order valence-electron chi connectivity index (χ4n) is 6.33. The second-order valence-electron chi connectivity index (χ2n) is 12.6. The van der Waals surface area contributed by atoms with Crippen LogP contribution in [-0.4, -0.2) is 53.7 Å². The van der Waals surface area contributed by atoms with Crippen LogP contribution in [0.25, 0.3) is 0 Å². The van der Waals surface area contributed by atoms with Crippen molar-refractivity contribution in [1.82, 2.24) is 10.2 Å². The molecule has 2 N–H and O–H groups in total. The highest BCUT2D eigenvalue weighted by Crippen LogP contribution is 2.42. The van der Waals surface area contributed by atoms with Crippen molar-refractivity contribution in [3.8, 4) is 0 Å². The molecule has 0 aromatic heterocycles. The number of aliphatic hydroxyl groups excluding tert-OH is 1. The van der Waals surface area contributed by atoms with Gasteiger partial charge in [-0.3, -0.25) is 14.5 Å². The predicted molar refractivity (Wildman–Crippen MR) is 183 cm³/mol. The van der Waals surface area contributed by atoms with E-state index in [4.69, 9.17) is 14.2 Å². The molecule has 2 saturated heterocycles. The number of imide groups is 1. The van der Waals surface area contributed by atoms with E-state index < -0.39 is 30.2 Å². The lowest BCUT2D eigenvalue weighted by atomic mass is 9.90. The number of anilines is 1. The SMILES string of the molecule is C[C@H]1[C@@H](CN(C)Cc2ccccc2)O[C@@H](c2cccc(N3C(=O)CC(NC(=O)OCc4ccccc4)C3=O)c2)O[C@H]1c1ccc(CO)cc1. The number of nitrogens with one attached hydrogen (secondary N) is 1. The van der Waals surface area contributed by atoms with Crippen LogP contribution in [0.2, 0.25) is 0 Å². The van der Waals surface area contributed by atoms with E-state index in [0.29, 0.717) is 17.8 Å². The Morgan fingerprint density at radius 3 is 2.27 bits per heavy atom. The van der Waals surface area contributed by atoms with Gasteiger partial charge in [0.15, 0.2) is 6.29 Å². The maximum Gasteiger partial charge on any atom is 0.408 e. The Labute approximate surface area is 286 Å². The molecule has 2 heterocycles. The highest BCUT2D eigenvalue weighted by molar-refractivity contribution is 6.22. The third-order valence-corrected chi connectivity index (χ3v) is 8.96. The molecule has 2 aliphatic heterocycles. The minimum absolute atomic E-state index is 0.0205. The van der Waals surface area contributed by atoms with Crippen LogP contribution in [0.5, 0.6) is 0 Å². The minimum atomic E-state index is -1.04. The molecule has 0 spiro atoms. The molecule has 254 valence electrons. The highest BCUT2D eigenvalue weighted by atomic mass is 16.7. The Bertz CT molecular complexity index is 1730. The van der Waals surface area contributed by atoms with Crippen molar-refractivity contribution in [2.75, 3.05) is 18.5 Å². The van der Waals surface area contributed by atoms with E-state index in [-0.39, 0.29) is 37.8 Å². The first-order chi connectivity index (χ1) is 23.8. The first-order valence-electron chi connectivity index (χ1n) is 16.5. The first-order valence-corrected chi connectivity index (χ1v) is 16.5. The average molecular weight is 664 g/mol. The van der Waals surface area contributed by atoms with E-state index in [1.807, 2.05) is 78.9 Å². The van der Waals surface area contributed by atoms with Gasteiger partial charge < -0.3 is 24.6 Å². The van der Waals surface area contributed by atoms with Crippen LogP contribution < -0.4 is 10.2 Å². The number of amides is 3. The number of likely N-dealkylation sites (N-methyl/N-ethyl adjacent to an activating group) is 1. The summed E-state index contributed by atoms with van der Waals surface area (Å²) in [6.45, 7) is 3.49. The third kappa shape index (κ3) is 8.23. The molecule has 4 aromatic carbocycles. The van der Waals surface area contributed by atoms with Crippen molar-refractivity contribution < 1.29 is 33.7 Å². The third-order valence-electron chi connectivity index (χ3n) is 8.96.